The first-order chi connectivity index (χ1) is 16.3. The lowest BCUT2D eigenvalue weighted by atomic mass is 9.94. The van der Waals surface area contributed by atoms with E-state index in [1.807, 2.05) is 17.0 Å². The number of rotatable bonds is 6. The normalized spacial score (nSPS) is 17.4. The van der Waals surface area contributed by atoms with Crippen molar-refractivity contribution in [3.8, 4) is 0 Å². The zero-order valence-corrected chi connectivity index (χ0v) is 20.0. The number of carbonyl (C=O) groups is 1. The molecule has 0 bridgehead atoms. The van der Waals surface area contributed by atoms with E-state index < -0.39 is 10.0 Å². The monoisotopic (exact) mass is 484 g/mol. The molecule has 0 atom stereocenters. The van der Waals surface area contributed by atoms with Crippen molar-refractivity contribution in [1.29, 1.82) is 0 Å². The second-order valence-electron chi connectivity index (χ2n) is 9.10. The summed E-state index contributed by atoms with van der Waals surface area (Å²) in [7, 11) is -3.70. The average molecular weight is 485 g/mol. The van der Waals surface area contributed by atoms with Gasteiger partial charge in [-0.2, -0.15) is 0 Å². The number of ketones is 1. The number of carbonyl (C=O) groups excluding carboxylic acids is 1. The molecule has 0 spiro atoms. The fourth-order valence-corrected chi connectivity index (χ4v) is 6.34. The highest BCUT2D eigenvalue weighted by Gasteiger charge is 2.25. The number of benzene rings is 2. The number of hydrogen-bond acceptors (Lipinski definition) is 5. The smallest absolute Gasteiger partial charge is 0.240 e. The van der Waals surface area contributed by atoms with Crippen molar-refractivity contribution in [2.24, 2.45) is 0 Å². The number of fused-ring (bicyclic) bond motifs is 3. The van der Waals surface area contributed by atoms with Crippen molar-refractivity contribution in [3.05, 3.63) is 59.0 Å². The van der Waals surface area contributed by atoms with E-state index >= 15 is 0 Å². The van der Waals surface area contributed by atoms with Crippen LogP contribution in [0.1, 0.15) is 34.5 Å². The van der Waals surface area contributed by atoms with Gasteiger partial charge in [0.2, 0.25) is 10.0 Å². The van der Waals surface area contributed by atoms with Gasteiger partial charge >= 0.3 is 0 Å². The van der Waals surface area contributed by atoms with Crippen molar-refractivity contribution in [3.63, 3.8) is 0 Å². The molecule has 0 amide bonds. The van der Waals surface area contributed by atoms with Crippen LogP contribution < -0.4 is 9.62 Å². The number of halogens is 1. The van der Waals surface area contributed by atoms with Gasteiger partial charge in [-0.25, -0.2) is 17.5 Å². The zero-order valence-electron chi connectivity index (χ0n) is 19.2. The second-order valence-corrected chi connectivity index (χ2v) is 10.8. The Kier molecular flexibility index (Phi) is 6.18. The van der Waals surface area contributed by atoms with Crippen molar-refractivity contribution in [2.45, 2.75) is 31.1 Å². The van der Waals surface area contributed by atoms with E-state index in [4.69, 9.17) is 0 Å². The predicted molar refractivity (Wildman–Crippen MR) is 131 cm³/mol. The van der Waals surface area contributed by atoms with Gasteiger partial charge in [-0.1, -0.05) is 12.1 Å². The number of para-hydroxylation sites is 1. The Morgan fingerprint density at radius 2 is 1.85 bits per heavy atom. The largest absolute Gasteiger partial charge is 0.367 e. The summed E-state index contributed by atoms with van der Waals surface area (Å²) in [6, 6.07) is 10.2. The van der Waals surface area contributed by atoms with Gasteiger partial charge in [0, 0.05) is 67.8 Å². The third-order valence-corrected chi connectivity index (χ3v) is 8.46. The minimum Gasteiger partial charge on any atom is -0.367 e. The molecule has 1 aromatic heterocycles. The number of sulfonamides is 1. The summed E-state index contributed by atoms with van der Waals surface area (Å²) in [4.78, 5) is 20.1. The number of nitrogens with one attached hydrogen (secondary N) is 2. The van der Waals surface area contributed by atoms with Gasteiger partial charge in [-0.15, -0.1) is 0 Å². The van der Waals surface area contributed by atoms with Crippen LogP contribution in [0.25, 0.3) is 10.9 Å². The molecule has 180 valence electrons. The van der Waals surface area contributed by atoms with E-state index in [0.29, 0.717) is 49.4 Å². The number of H-pyrrole nitrogens is 1. The van der Waals surface area contributed by atoms with Gasteiger partial charge in [-0.05, 0) is 49.6 Å². The van der Waals surface area contributed by atoms with Gasteiger partial charge in [0.25, 0.3) is 0 Å². The first-order valence-electron chi connectivity index (χ1n) is 11.7. The third-order valence-electron chi connectivity index (χ3n) is 6.86. The van der Waals surface area contributed by atoms with E-state index in [2.05, 4.69) is 14.6 Å². The first-order valence-corrected chi connectivity index (χ1v) is 13.2. The minimum atomic E-state index is -3.70. The maximum Gasteiger partial charge on any atom is 0.240 e. The lowest BCUT2D eigenvalue weighted by Gasteiger charge is -2.36. The highest BCUT2D eigenvalue weighted by Crippen LogP contribution is 2.32. The van der Waals surface area contributed by atoms with E-state index in [-0.39, 0.29) is 16.5 Å². The van der Waals surface area contributed by atoms with Crippen molar-refractivity contribution in [1.82, 2.24) is 14.6 Å². The number of anilines is 1. The molecule has 2 heterocycles. The van der Waals surface area contributed by atoms with Crippen LogP contribution in [0, 0.1) is 12.7 Å². The third kappa shape index (κ3) is 4.35. The van der Waals surface area contributed by atoms with Gasteiger partial charge in [0.05, 0.1) is 10.6 Å². The first kappa shape index (κ1) is 23.0. The van der Waals surface area contributed by atoms with Gasteiger partial charge < -0.3 is 9.88 Å². The van der Waals surface area contributed by atoms with Crippen LogP contribution in [-0.2, 0) is 16.4 Å². The maximum absolute atomic E-state index is 14.0. The molecule has 34 heavy (non-hydrogen) atoms. The molecule has 3 aromatic rings. The summed E-state index contributed by atoms with van der Waals surface area (Å²) in [6.45, 7) is 5.50. The average Bonchev–Trinajstić information content (AvgIpc) is 3.18. The van der Waals surface area contributed by atoms with Crippen LogP contribution in [0.5, 0.6) is 0 Å². The molecule has 0 unspecified atom stereocenters. The summed E-state index contributed by atoms with van der Waals surface area (Å²) in [5.41, 5.74) is 3.55. The molecular weight excluding hydrogens is 455 g/mol. The lowest BCUT2D eigenvalue weighted by Crippen LogP contribution is -2.48. The Labute approximate surface area is 199 Å². The molecule has 1 aliphatic carbocycles. The fraction of sp³-hybridized carbons (Fsp3) is 0.400. The van der Waals surface area contributed by atoms with Crippen molar-refractivity contribution >= 4 is 32.4 Å². The van der Waals surface area contributed by atoms with Crippen LogP contribution in [0.15, 0.2) is 41.3 Å². The molecule has 1 fully saturated rings. The van der Waals surface area contributed by atoms with Crippen LogP contribution in [0.3, 0.4) is 0 Å². The Morgan fingerprint density at radius 1 is 1.09 bits per heavy atom. The van der Waals surface area contributed by atoms with E-state index in [1.54, 1.807) is 25.1 Å². The summed E-state index contributed by atoms with van der Waals surface area (Å²) >= 11 is 0. The van der Waals surface area contributed by atoms with E-state index in [1.165, 1.54) is 6.07 Å². The number of piperazine rings is 1. The topological polar surface area (TPSA) is 85.5 Å². The zero-order chi connectivity index (χ0) is 23.9. The highest BCUT2D eigenvalue weighted by molar-refractivity contribution is 7.89. The van der Waals surface area contributed by atoms with Gasteiger partial charge in [0.1, 0.15) is 5.82 Å². The molecule has 0 radical (unpaired) electrons. The van der Waals surface area contributed by atoms with E-state index in [9.17, 15) is 17.6 Å². The summed E-state index contributed by atoms with van der Waals surface area (Å²) in [5.74, 6) is -0.0981. The predicted octanol–water partition coefficient (Wildman–Crippen LogP) is 3.23. The summed E-state index contributed by atoms with van der Waals surface area (Å²) < 4.78 is 42.9. The molecule has 1 aliphatic heterocycles. The van der Waals surface area contributed by atoms with Crippen LogP contribution >= 0.6 is 0 Å². The van der Waals surface area contributed by atoms with Crippen LogP contribution in [0.4, 0.5) is 10.1 Å². The number of aromatic nitrogens is 1. The quantitative estimate of drug-likeness (QED) is 0.561. The highest BCUT2D eigenvalue weighted by atomic mass is 32.2. The Hall–Kier alpha value is -2.75. The molecule has 9 heteroatoms. The number of Topliss-reactive ketones (excluding diaryl/α,β-unsaturated/α-hetero) is 1. The molecule has 2 N–H and O–H groups in total. The van der Waals surface area contributed by atoms with Crippen LogP contribution in [-0.4, -0.2) is 63.4 Å². The minimum absolute atomic E-state index is 0.121. The lowest BCUT2D eigenvalue weighted by molar-refractivity contribution is 0.0974. The Bertz CT molecular complexity index is 1340. The number of nitrogens with zero attached hydrogens (tertiary/aromatic N) is 2. The molecule has 0 saturated carbocycles. The Balaban J connectivity index is 1.22. The number of hydrogen-bond donors (Lipinski definition) is 2. The van der Waals surface area contributed by atoms with Crippen molar-refractivity contribution < 1.29 is 17.6 Å². The summed E-state index contributed by atoms with van der Waals surface area (Å²) in [6.07, 6.45) is 2.16. The molecule has 1 saturated heterocycles. The van der Waals surface area contributed by atoms with Crippen LogP contribution in [0.2, 0.25) is 0 Å². The Morgan fingerprint density at radius 3 is 2.62 bits per heavy atom. The molecular formula is C25H29FN4O3S. The molecule has 2 aromatic carbocycles. The second kappa shape index (κ2) is 9.13. The van der Waals surface area contributed by atoms with Crippen molar-refractivity contribution in [2.75, 3.05) is 44.2 Å². The van der Waals surface area contributed by atoms with E-state index in [0.717, 1.165) is 42.6 Å². The van der Waals surface area contributed by atoms with Gasteiger partial charge in [0.15, 0.2) is 5.78 Å². The molecule has 2 aliphatic rings. The molecule has 7 nitrogen and oxygen atoms in total. The summed E-state index contributed by atoms with van der Waals surface area (Å²) in [5, 5.41) is 0.809. The standard InChI is InChI=1S/C25H29FN4O3S/c1-17-15-18-21(28-20-6-4-8-23(31)25(18)20)16-24(17)34(32,33)27-9-10-29-11-13-30(14-12-29)22-7-3-2-5-19(22)26/h2-3,5,7,15-16,27-28H,4,6,8-14H2,1H3. The number of aryl methyl sites for hydroxylation is 2. The fourth-order valence-electron chi connectivity index (χ4n) is 5.07. The van der Waals surface area contributed by atoms with Gasteiger partial charge in [-0.3, -0.25) is 9.69 Å². The SMILES string of the molecule is Cc1cc2c3c([nH]c2cc1S(=O)(=O)NCCN1CCN(c2ccccc2F)CC1)CCCC3=O. The maximum atomic E-state index is 14.0. The molecule has 5 rings (SSSR count). The number of aromatic amines is 1.